The summed E-state index contributed by atoms with van der Waals surface area (Å²) >= 11 is 0. The monoisotopic (exact) mass is 238 g/mol. The van der Waals surface area contributed by atoms with Crippen LogP contribution in [0.4, 0.5) is 0 Å². The van der Waals surface area contributed by atoms with Crippen molar-refractivity contribution in [3.05, 3.63) is 12.4 Å². The van der Waals surface area contributed by atoms with E-state index in [-0.39, 0.29) is 0 Å². The van der Waals surface area contributed by atoms with Crippen molar-refractivity contribution < 1.29 is 0 Å². The second kappa shape index (κ2) is 8.43. The molecule has 0 aromatic heterocycles. The minimum Gasteiger partial charge on any atom is -0.359 e. The molecule has 0 saturated heterocycles. The van der Waals surface area contributed by atoms with Crippen LogP contribution in [0.3, 0.4) is 0 Å². The zero-order valence-corrected chi connectivity index (χ0v) is 12.0. The van der Waals surface area contributed by atoms with E-state index in [1.54, 1.807) is 0 Å². The van der Waals surface area contributed by atoms with Crippen molar-refractivity contribution in [1.29, 1.82) is 0 Å². The smallest absolute Gasteiger partial charge is 0.0974 e. The molecule has 0 saturated carbocycles. The standard InChI is InChI=1S/C15H30N2/c1-4-5-6-7-8-9-10-11-12-17-14-13-16(3)15(17)2/h13-15H,4-12H2,1-3H3. The lowest BCUT2D eigenvalue weighted by molar-refractivity contribution is 0.192. The molecule has 0 radical (unpaired) electrons. The Morgan fingerprint density at radius 3 is 2.00 bits per heavy atom. The van der Waals surface area contributed by atoms with Crippen LogP contribution in [-0.2, 0) is 0 Å². The lowest BCUT2D eigenvalue weighted by Gasteiger charge is -2.26. The van der Waals surface area contributed by atoms with Crippen LogP contribution in [0.5, 0.6) is 0 Å². The fourth-order valence-corrected chi connectivity index (χ4v) is 2.36. The average Bonchev–Trinajstić information content (AvgIpc) is 2.64. The molecule has 1 unspecified atom stereocenters. The van der Waals surface area contributed by atoms with Gasteiger partial charge in [-0.05, 0) is 13.3 Å². The van der Waals surface area contributed by atoms with Gasteiger partial charge in [-0.25, -0.2) is 0 Å². The molecule has 0 aliphatic carbocycles. The van der Waals surface area contributed by atoms with Gasteiger partial charge in [0.25, 0.3) is 0 Å². The SMILES string of the molecule is CCCCCCCCCCN1C=CN(C)C1C. The number of hydrogen-bond acceptors (Lipinski definition) is 2. The quantitative estimate of drug-likeness (QED) is 0.556. The molecule has 0 amide bonds. The molecular weight excluding hydrogens is 208 g/mol. The van der Waals surface area contributed by atoms with Crippen LogP contribution in [0.1, 0.15) is 65.2 Å². The summed E-state index contributed by atoms with van der Waals surface area (Å²) in [6.07, 6.45) is 16.2. The fourth-order valence-electron chi connectivity index (χ4n) is 2.36. The molecule has 2 heteroatoms. The third kappa shape index (κ3) is 5.47. The molecule has 1 aliphatic rings. The van der Waals surface area contributed by atoms with E-state index >= 15 is 0 Å². The molecule has 0 bridgehead atoms. The highest BCUT2D eigenvalue weighted by atomic mass is 15.4. The molecule has 1 heterocycles. The highest BCUT2D eigenvalue weighted by Crippen LogP contribution is 2.15. The number of hydrogen-bond donors (Lipinski definition) is 0. The summed E-state index contributed by atoms with van der Waals surface area (Å²) in [6, 6.07) is 0. The topological polar surface area (TPSA) is 6.48 Å². The lowest BCUT2D eigenvalue weighted by atomic mass is 10.1. The van der Waals surface area contributed by atoms with E-state index in [0.29, 0.717) is 6.17 Å². The summed E-state index contributed by atoms with van der Waals surface area (Å²) in [6.45, 7) is 5.77. The fraction of sp³-hybridized carbons (Fsp3) is 0.867. The Hall–Kier alpha value is -0.660. The van der Waals surface area contributed by atoms with Crippen LogP contribution in [0, 0.1) is 0 Å². The van der Waals surface area contributed by atoms with Gasteiger partial charge in [-0.15, -0.1) is 0 Å². The Morgan fingerprint density at radius 1 is 0.882 bits per heavy atom. The molecule has 2 nitrogen and oxygen atoms in total. The zero-order chi connectivity index (χ0) is 12.5. The van der Waals surface area contributed by atoms with Gasteiger partial charge in [-0.3, -0.25) is 0 Å². The Bertz CT molecular complexity index is 213. The predicted molar refractivity (Wildman–Crippen MR) is 75.7 cm³/mol. The van der Waals surface area contributed by atoms with Gasteiger partial charge in [0.1, 0.15) is 0 Å². The normalized spacial score (nSPS) is 19.4. The van der Waals surface area contributed by atoms with E-state index < -0.39 is 0 Å². The zero-order valence-electron chi connectivity index (χ0n) is 12.0. The highest BCUT2D eigenvalue weighted by molar-refractivity contribution is 4.93. The van der Waals surface area contributed by atoms with E-state index in [1.165, 1.54) is 57.9 Å². The van der Waals surface area contributed by atoms with E-state index in [0.717, 1.165) is 0 Å². The van der Waals surface area contributed by atoms with Crippen LogP contribution in [-0.4, -0.2) is 29.6 Å². The molecule has 0 aromatic rings. The van der Waals surface area contributed by atoms with Crippen LogP contribution in [0.25, 0.3) is 0 Å². The summed E-state index contributed by atoms with van der Waals surface area (Å²) in [5.41, 5.74) is 0. The van der Waals surface area contributed by atoms with Gasteiger partial charge in [0.15, 0.2) is 0 Å². The minimum atomic E-state index is 0.555. The molecule has 1 aliphatic heterocycles. The maximum Gasteiger partial charge on any atom is 0.0974 e. The first kappa shape index (κ1) is 14.4. The summed E-state index contributed by atoms with van der Waals surface area (Å²) < 4.78 is 0. The minimum absolute atomic E-state index is 0.555. The van der Waals surface area contributed by atoms with E-state index in [1.807, 2.05) is 0 Å². The van der Waals surface area contributed by atoms with Crippen molar-refractivity contribution in [3.63, 3.8) is 0 Å². The van der Waals surface area contributed by atoms with Crippen LogP contribution in [0.2, 0.25) is 0 Å². The first-order chi connectivity index (χ1) is 8.25. The van der Waals surface area contributed by atoms with Gasteiger partial charge >= 0.3 is 0 Å². The van der Waals surface area contributed by atoms with Crippen LogP contribution in [0.15, 0.2) is 12.4 Å². The van der Waals surface area contributed by atoms with Gasteiger partial charge in [0.2, 0.25) is 0 Å². The van der Waals surface area contributed by atoms with Gasteiger partial charge < -0.3 is 9.80 Å². The van der Waals surface area contributed by atoms with Crippen molar-refractivity contribution in [1.82, 2.24) is 9.80 Å². The molecule has 0 aromatic carbocycles. The van der Waals surface area contributed by atoms with E-state index in [2.05, 4.69) is 43.1 Å². The Morgan fingerprint density at radius 2 is 1.47 bits per heavy atom. The van der Waals surface area contributed by atoms with Crippen molar-refractivity contribution in [2.24, 2.45) is 0 Å². The molecular formula is C15H30N2. The molecule has 1 atom stereocenters. The Labute approximate surface area is 108 Å². The molecule has 1 rings (SSSR count). The van der Waals surface area contributed by atoms with Gasteiger partial charge in [0.05, 0.1) is 6.17 Å². The lowest BCUT2D eigenvalue weighted by Crippen LogP contribution is -2.34. The molecule has 0 fully saturated rings. The van der Waals surface area contributed by atoms with Crippen molar-refractivity contribution >= 4 is 0 Å². The summed E-state index contributed by atoms with van der Waals surface area (Å²) in [5.74, 6) is 0. The molecule has 17 heavy (non-hydrogen) atoms. The predicted octanol–water partition coefficient (Wildman–Crippen LogP) is 4.19. The maximum atomic E-state index is 2.44. The summed E-state index contributed by atoms with van der Waals surface area (Å²) in [5, 5.41) is 0. The van der Waals surface area contributed by atoms with Crippen LogP contribution >= 0.6 is 0 Å². The van der Waals surface area contributed by atoms with Gasteiger partial charge in [-0.2, -0.15) is 0 Å². The van der Waals surface area contributed by atoms with Crippen LogP contribution < -0.4 is 0 Å². The summed E-state index contributed by atoms with van der Waals surface area (Å²) in [4.78, 5) is 4.71. The second-order valence-corrected chi connectivity index (χ2v) is 5.31. The maximum absolute atomic E-state index is 2.44. The number of nitrogens with zero attached hydrogens (tertiary/aromatic N) is 2. The number of rotatable bonds is 9. The van der Waals surface area contributed by atoms with E-state index in [4.69, 9.17) is 0 Å². The van der Waals surface area contributed by atoms with Gasteiger partial charge in [-0.1, -0.05) is 51.9 Å². The number of unbranched alkanes of at least 4 members (excludes halogenated alkanes) is 7. The first-order valence-corrected chi connectivity index (χ1v) is 7.41. The van der Waals surface area contributed by atoms with Crippen molar-refractivity contribution in [2.75, 3.05) is 13.6 Å². The van der Waals surface area contributed by atoms with Crippen molar-refractivity contribution in [2.45, 2.75) is 71.4 Å². The van der Waals surface area contributed by atoms with Crippen molar-refractivity contribution in [3.8, 4) is 0 Å². The third-order valence-corrected chi connectivity index (χ3v) is 3.83. The first-order valence-electron chi connectivity index (χ1n) is 7.41. The molecule has 0 N–H and O–H groups in total. The second-order valence-electron chi connectivity index (χ2n) is 5.31. The van der Waals surface area contributed by atoms with E-state index in [9.17, 15) is 0 Å². The highest BCUT2D eigenvalue weighted by Gasteiger charge is 2.17. The average molecular weight is 238 g/mol. The molecule has 100 valence electrons. The third-order valence-electron chi connectivity index (χ3n) is 3.83. The summed E-state index contributed by atoms with van der Waals surface area (Å²) in [7, 11) is 2.15. The Kier molecular flexibility index (Phi) is 7.14. The Balaban J connectivity index is 1.89. The van der Waals surface area contributed by atoms with Gasteiger partial charge in [0, 0.05) is 26.0 Å². The molecule has 0 spiro atoms. The largest absolute Gasteiger partial charge is 0.359 e.